The zero-order chi connectivity index (χ0) is 31.3. The maximum absolute atomic E-state index is 14.9. The number of hydrogen-bond donors (Lipinski definition) is 1. The fourth-order valence-corrected chi connectivity index (χ4v) is 5.41. The van der Waals surface area contributed by atoms with E-state index >= 15 is 0 Å². The smallest absolute Gasteiger partial charge is 0.244 e. The van der Waals surface area contributed by atoms with Crippen molar-refractivity contribution in [3.63, 3.8) is 0 Å². The molecule has 0 radical (unpaired) electrons. The first-order valence-corrected chi connectivity index (χ1v) is 15.8. The topological polar surface area (TPSA) is 86.8 Å². The normalized spacial score (nSPS) is 12.9. The summed E-state index contributed by atoms with van der Waals surface area (Å²) in [6, 6.07) is 21.2. The van der Waals surface area contributed by atoms with E-state index in [1.807, 2.05) is 63.2 Å². The third kappa shape index (κ3) is 9.14. The Balaban J connectivity index is 2.08. The summed E-state index contributed by atoms with van der Waals surface area (Å²) in [5.74, 6) is -1.58. The quantitative estimate of drug-likeness (QED) is 0.338. The highest BCUT2D eigenvalue weighted by molar-refractivity contribution is 7.92. The van der Waals surface area contributed by atoms with E-state index in [1.165, 1.54) is 11.0 Å². The molecule has 0 saturated heterocycles. The van der Waals surface area contributed by atoms with Gasteiger partial charge in [0.25, 0.3) is 0 Å². The van der Waals surface area contributed by atoms with E-state index in [1.54, 1.807) is 30.3 Å². The van der Waals surface area contributed by atoms with E-state index in [9.17, 15) is 22.4 Å². The third-order valence-corrected chi connectivity index (χ3v) is 7.91. The maximum Gasteiger partial charge on any atom is 0.244 e. The number of rotatable bonds is 10. The second-order valence-electron chi connectivity index (χ2n) is 12.6. The lowest BCUT2D eigenvalue weighted by Gasteiger charge is -2.35. The van der Waals surface area contributed by atoms with Gasteiger partial charge in [-0.2, -0.15) is 0 Å². The van der Waals surface area contributed by atoms with Crippen LogP contribution in [-0.2, 0) is 38.0 Å². The summed E-state index contributed by atoms with van der Waals surface area (Å²) in [7, 11) is -3.90. The van der Waals surface area contributed by atoms with Crippen LogP contribution in [0.5, 0.6) is 0 Å². The lowest BCUT2D eigenvalue weighted by molar-refractivity contribution is -0.140. The predicted octanol–water partition coefficient (Wildman–Crippen LogP) is 5.44. The van der Waals surface area contributed by atoms with Crippen LogP contribution in [0.3, 0.4) is 0 Å². The average molecular weight is 596 g/mol. The van der Waals surface area contributed by atoms with Crippen LogP contribution in [0.4, 0.5) is 10.1 Å². The number of carbonyl (C=O) groups is 2. The highest BCUT2D eigenvalue weighted by atomic mass is 32.2. The largest absolute Gasteiger partial charge is 0.350 e. The summed E-state index contributed by atoms with van der Waals surface area (Å²) >= 11 is 0. The first-order chi connectivity index (χ1) is 19.5. The van der Waals surface area contributed by atoms with Crippen molar-refractivity contribution in [2.75, 3.05) is 17.1 Å². The van der Waals surface area contributed by atoms with Gasteiger partial charge in [0.2, 0.25) is 21.8 Å². The average Bonchev–Trinajstić information content (AvgIpc) is 2.88. The van der Waals surface area contributed by atoms with E-state index in [0.29, 0.717) is 5.69 Å². The van der Waals surface area contributed by atoms with Gasteiger partial charge in [0.05, 0.1) is 11.9 Å². The molecule has 1 atom stereocenters. The second-order valence-corrected chi connectivity index (χ2v) is 14.5. The van der Waals surface area contributed by atoms with Gasteiger partial charge in [0, 0.05) is 24.1 Å². The van der Waals surface area contributed by atoms with Crippen molar-refractivity contribution < 1.29 is 22.4 Å². The Labute approximate surface area is 249 Å². The molecule has 2 amide bonds. The minimum atomic E-state index is -3.90. The van der Waals surface area contributed by atoms with Crippen LogP contribution in [0, 0.1) is 5.82 Å². The molecule has 0 fully saturated rings. The van der Waals surface area contributed by atoms with Gasteiger partial charge in [-0.05, 0) is 55.5 Å². The van der Waals surface area contributed by atoms with Crippen molar-refractivity contribution in [2.24, 2.45) is 0 Å². The number of nitrogens with one attached hydrogen (secondary N) is 1. The van der Waals surface area contributed by atoms with Gasteiger partial charge in [0.1, 0.15) is 18.4 Å². The van der Waals surface area contributed by atoms with E-state index in [-0.39, 0.29) is 23.9 Å². The van der Waals surface area contributed by atoms with Crippen molar-refractivity contribution in [3.8, 4) is 0 Å². The second kappa shape index (κ2) is 13.1. The van der Waals surface area contributed by atoms with Gasteiger partial charge < -0.3 is 10.2 Å². The van der Waals surface area contributed by atoms with E-state index < -0.39 is 45.8 Å². The zero-order valence-electron chi connectivity index (χ0n) is 25.5. The van der Waals surface area contributed by atoms with Gasteiger partial charge in [-0.25, -0.2) is 12.8 Å². The summed E-state index contributed by atoms with van der Waals surface area (Å²) in [5, 5.41) is 2.95. The standard InChI is InChI=1S/C33H42FN3O4S/c1-32(2,3)26-17-19-27(20-18-26)37(42(7,40)41)23-30(38)36(22-25-15-11-12-16-28(25)34)29(31(39)35-33(4,5)6)21-24-13-9-8-10-14-24/h8-20,29H,21-23H2,1-7H3,(H,35,39)/t29-/m0/s1. The molecule has 0 spiro atoms. The SMILES string of the molecule is CC(C)(C)NC(=O)[C@H](Cc1ccccc1)N(Cc1ccccc1F)C(=O)CN(c1ccc(C(C)(C)C)cc1)S(C)(=O)=O. The summed E-state index contributed by atoms with van der Waals surface area (Å²) in [5.41, 5.74) is 1.60. The fourth-order valence-electron chi connectivity index (χ4n) is 4.56. The molecule has 0 aromatic heterocycles. The first-order valence-electron chi connectivity index (χ1n) is 13.9. The predicted molar refractivity (Wildman–Crippen MR) is 166 cm³/mol. The minimum absolute atomic E-state index is 0.147. The molecule has 7 nitrogen and oxygen atoms in total. The summed E-state index contributed by atoms with van der Waals surface area (Å²) in [6.07, 6.45) is 1.19. The number of benzene rings is 3. The molecule has 0 aliphatic rings. The number of nitrogens with zero attached hydrogens (tertiary/aromatic N) is 2. The molecule has 3 aromatic rings. The molecule has 9 heteroatoms. The van der Waals surface area contributed by atoms with Crippen LogP contribution < -0.4 is 9.62 Å². The summed E-state index contributed by atoms with van der Waals surface area (Å²) < 4.78 is 41.9. The van der Waals surface area contributed by atoms with E-state index in [4.69, 9.17) is 0 Å². The number of carbonyl (C=O) groups excluding carboxylic acids is 2. The first kappa shape index (κ1) is 32.8. The van der Waals surface area contributed by atoms with Crippen molar-refractivity contribution in [3.05, 3.63) is 101 Å². The monoisotopic (exact) mass is 595 g/mol. The van der Waals surface area contributed by atoms with Crippen molar-refractivity contribution in [1.82, 2.24) is 10.2 Å². The fraction of sp³-hybridized carbons (Fsp3) is 0.394. The molecule has 0 unspecified atom stereocenters. The Morgan fingerprint density at radius 3 is 1.95 bits per heavy atom. The molecule has 3 rings (SSSR count). The molecular formula is C33H42FN3O4S. The molecule has 1 N–H and O–H groups in total. The molecular weight excluding hydrogens is 553 g/mol. The van der Waals surface area contributed by atoms with Gasteiger partial charge in [-0.15, -0.1) is 0 Å². The summed E-state index contributed by atoms with van der Waals surface area (Å²) in [4.78, 5) is 29.2. The third-order valence-electron chi connectivity index (χ3n) is 6.77. The number of anilines is 1. The van der Waals surface area contributed by atoms with Crippen LogP contribution in [0.25, 0.3) is 0 Å². The number of amides is 2. The van der Waals surface area contributed by atoms with Crippen LogP contribution in [0.1, 0.15) is 58.2 Å². The van der Waals surface area contributed by atoms with Gasteiger partial charge in [-0.3, -0.25) is 13.9 Å². The Morgan fingerprint density at radius 1 is 0.857 bits per heavy atom. The number of hydrogen-bond acceptors (Lipinski definition) is 4. The highest BCUT2D eigenvalue weighted by Crippen LogP contribution is 2.26. The molecule has 0 aliphatic carbocycles. The van der Waals surface area contributed by atoms with E-state index in [2.05, 4.69) is 26.1 Å². The van der Waals surface area contributed by atoms with Crippen LogP contribution in [-0.4, -0.2) is 49.5 Å². The Kier molecular flexibility index (Phi) is 10.2. The van der Waals surface area contributed by atoms with Gasteiger partial charge in [0.15, 0.2) is 0 Å². The molecule has 42 heavy (non-hydrogen) atoms. The summed E-state index contributed by atoms with van der Waals surface area (Å²) in [6.45, 7) is 10.9. The lowest BCUT2D eigenvalue weighted by Crippen LogP contribution is -2.56. The molecule has 0 heterocycles. The van der Waals surface area contributed by atoms with Crippen LogP contribution >= 0.6 is 0 Å². The number of halogens is 1. The molecule has 226 valence electrons. The van der Waals surface area contributed by atoms with Crippen LogP contribution in [0.2, 0.25) is 0 Å². The van der Waals surface area contributed by atoms with Gasteiger partial charge >= 0.3 is 0 Å². The lowest BCUT2D eigenvalue weighted by atomic mass is 9.87. The van der Waals surface area contributed by atoms with Crippen molar-refractivity contribution >= 4 is 27.5 Å². The highest BCUT2D eigenvalue weighted by Gasteiger charge is 2.34. The van der Waals surface area contributed by atoms with Crippen molar-refractivity contribution in [1.29, 1.82) is 0 Å². The van der Waals surface area contributed by atoms with Crippen molar-refractivity contribution in [2.45, 2.75) is 71.5 Å². The maximum atomic E-state index is 14.9. The zero-order valence-corrected chi connectivity index (χ0v) is 26.3. The minimum Gasteiger partial charge on any atom is -0.350 e. The Morgan fingerprint density at radius 2 is 1.43 bits per heavy atom. The van der Waals surface area contributed by atoms with Gasteiger partial charge in [-0.1, -0.05) is 81.4 Å². The number of sulfonamides is 1. The van der Waals surface area contributed by atoms with Crippen LogP contribution in [0.15, 0.2) is 78.9 Å². The molecule has 3 aromatic carbocycles. The van der Waals surface area contributed by atoms with E-state index in [0.717, 1.165) is 21.7 Å². The molecule has 0 bridgehead atoms. The Bertz CT molecular complexity index is 1480. The molecule has 0 aliphatic heterocycles. The Hall–Kier alpha value is -3.72. The molecule has 0 saturated carbocycles.